The summed E-state index contributed by atoms with van der Waals surface area (Å²) in [5, 5.41) is 14.5. The van der Waals surface area contributed by atoms with Crippen molar-refractivity contribution in [3.8, 4) is 0 Å². The van der Waals surface area contributed by atoms with Crippen LogP contribution >= 0.6 is 15.9 Å². The van der Waals surface area contributed by atoms with Gasteiger partial charge in [0.2, 0.25) is 0 Å². The van der Waals surface area contributed by atoms with Gasteiger partial charge in [0.25, 0.3) is 0 Å². The number of hydrogen-bond donors (Lipinski definition) is 1. The second-order valence-electron chi connectivity index (χ2n) is 4.69. The predicted octanol–water partition coefficient (Wildman–Crippen LogP) is 1.65. The van der Waals surface area contributed by atoms with Crippen molar-refractivity contribution in [2.75, 3.05) is 20.6 Å². The average Bonchev–Trinajstić information content (AvgIpc) is 2.99. The van der Waals surface area contributed by atoms with Crippen LogP contribution in [-0.4, -0.2) is 40.4 Å². The van der Waals surface area contributed by atoms with Crippen LogP contribution in [0.2, 0.25) is 0 Å². The third-order valence-corrected chi connectivity index (χ3v) is 3.55. The second kappa shape index (κ2) is 4.85. The lowest BCUT2D eigenvalue weighted by Gasteiger charge is -2.15. The lowest BCUT2D eigenvalue weighted by atomic mass is 10.1. The highest BCUT2D eigenvalue weighted by atomic mass is 79.9. The Kier molecular flexibility index (Phi) is 3.66. The lowest BCUT2D eigenvalue weighted by molar-refractivity contribution is 0.141. The van der Waals surface area contributed by atoms with E-state index in [0.717, 1.165) is 36.1 Å². The molecule has 1 unspecified atom stereocenters. The molecule has 0 bridgehead atoms. The second-order valence-corrected chi connectivity index (χ2v) is 5.54. The van der Waals surface area contributed by atoms with Crippen molar-refractivity contribution in [2.24, 2.45) is 5.92 Å². The first kappa shape index (κ1) is 12.1. The molecule has 1 atom stereocenters. The summed E-state index contributed by atoms with van der Waals surface area (Å²) in [4.78, 5) is 2.11. The van der Waals surface area contributed by atoms with E-state index in [1.54, 1.807) is 6.20 Å². The van der Waals surface area contributed by atoms with Gasteiger partial charge in [-0.05, 0) is 48.8 Å². The van der Waals surface area contributed by atoms with Gasteiger partial charge >= 0.3 is 0 Å². The topological polar surface area (TPSA) is 41.3 Å². The summed E-state index contributed by atoms with van der Waals surface area (Å²) in [5.41, 5.74) is 0.935. The van der Waals surface area contributed by atoms with E-state index in [1.807, 2.05) is 18.8 Å². The zero-order valence-electron chi connectivity index (χ0n) is 9.73. The summed E-state index contributed by atoms with van der Waals surface area (Å²) in [7, 11) is 4.07. The third kappa shape index (κ3) is 2.64. The Morgan fingerprint density at radius 1 is 1.62 bits per heavy atom. The number of likely N-dealkylation sites (N-methyl/N-ethyl adjacent to an activating group) is 1. The molecule has 0 spiro atoms. The van der Waals surface area contributed by atoms with Crippen LogP contribution in [0.4, 0.5) is 0 Å². The minimum absolute atomic E-state index is 0.362. The van der Waals surface area contributed by atoms with E-state index >= 15 is 0 Å². The van der Waals surface area contributed by atoms with Crippen molar-refractivity contribution in [3.63, 3.8) is 0 Å². The quantitative estimate of drug-likeness (QED) is 0.895. The van der Waals surface area contributed by atoms with E-state index in [2.05, 4.69) is 25.9 Å². The van der Waals surface area contributed by atoms with Gasteiger partial charge < -0.3 is 10.0 Å². The zero-order chi connectivity index (χ0) is 11.7. The van der Waals surface area contributed by atoms with Gasteiger partial charge in [-0.2, -0.15) is 5.10 Å². The van der Waals surface area contributed by atoms with E-state index in [9.17, 15) is 5.11 Å². The van der Waals surface area contributed by atoms with Crippen molar-refractivity contribution >= 4 is 15.9 Å². The molecule has 1 aliphatic carbocycles. The predicted molar refractivity (Wildman–Crippen MR) is 66.2 cm³/mol. The SMILES string of the molecule is CN(C)CCn1ncc(Br)c1C(O)C1CC1. The molecule has 0 radical (unpaired) electrons. The highest BCUT2D eigenvalue weighted by molar-refractivity contribution is 9.10. The van der Waals surface area contributed by atoms with E-state index in [0.29, 0.717) is 5.92 Å². The van der Waals surface area contributed by atoms with Crippen molar-refractivity contribution in [2.45, 2.75) is 25.5 Å². The molecule has 16 heavy (non-hydrogen) atoms. The number of aromatic nitrogens is 2. The van der Waals surface area contributed by atoms with Crippen LogP contribution in [0.1, 0.15) is 24.6 Å². The highest BCUT2D eigenvalue weighted by Crippen LogP contribution is 2.42. The normalized spacial score (nSPS) is 18.1. The molecule has 1 aromatic heterocycles. The minimum Gasteiger partial charge on any atom is -0.386 e. The Bertz CT molecular complexity index is 360. The zero-order valence-corrected chi connectivity index (χ0v) is 11.3. The molecule has 1 saturated carbocycles. The Balaban J connectivity index is 2.11. The van der Waals surface area contributed by atoms with Gasteiger partial charge in [-0.15, -0.1) is 0 Å². The maximum atomic E-state index is 10.2. The lowest BCUT2D eigenvalue weighted by Crippen LogP contribution is -2.21. The van der Waals surface area contributed by atoms with Crippen molar-refractivity contribution in [1.29, 1.82) is 0 Å². The molecule has 1 N–H and O–H groups in total. The van der Waals surface area contributed by atoms with E-state index in [-0.39, 0.29) is 6.10 Å². The molecule has 1 heterocycles. The molecule has 90 valence electrons. The number of rotatable bonds is 5. The molecular weight excluding hydrogens is 270 g/mol. The van der Waals surface area contributed by atoms with E-state index in [1.165, 1.54) is 0 Å². The largest absolute Gasteiger partial charge is 0.386 e. The maximum Gasteiger partial charge on any atom is 0.0996 e. The van der Waals surface area contributed by atoms with Gasteiger partial charge in [0.1, 0.15) is 0 Å². The van der Waals surface area contributed by atoms with Crippen LogP contribution in [0.3, 0.4) is 0 Å². The van der Waals surface area contributed by atoms with Crippen molar-refractivity contribution in [1.82, 2.24) is 14.7 Å². The van der Waals surface area contributed by atoms with Gasteiger partial charge in [-0.3, -0.25) is 4.68 Å². The fraction of sp³-hybridized carbons (Fsp3) is 0.727. The van der Waals surface area contributed by atoms with Crippen LogP contribution < -0.4 is 0 Å². The monoisotopic (exact) mass is 287 g/mol. The number of aliphatic hydroxyl groups excluding tert-OH is 1. The first-order valence-corrected chi connectivity index (χ1v) is 6.43. The van der Waals surface area contributed by atoms with Gasteiger partial charge in [-0.1, -0.05) is 0 Å². The van der Waals surface area contributed by atoms with Crippen LogP contribution in [0, 0.1) is 5.92 Å². The molecule has 4 nitrogen and oxygen atoms in total. The molecule has 1 aliphatic rings. The molecule has 0 amide bonds. The Labute approximate surface area is 104 Å². The number of hydrogen-bond acceptors (Lipinski definition) is 3. The third-order valence-electron chi connectivity index (χ3n) is 2.94. The molecular formula is C11H18BrN3O. The first-order chi connectivity index (χ1) is 7.59. The Morgan fingerprint density at radius 3 is 2.88 bits per heavy atom. The summed E-state index contributed by atoms with van der Waals surface area (Å²) in [6.07, 6.45) is 3.68. The molecule has 1 fully saturated rings. The molecule has 0 aromatic carbocycles. The number of aliphatic hydroxyl groups is 1. The number of nitrogens with zero attached hydrogens (tertiary/aromatic N) is 3. The first-order valence-electron chi connectivity index (χ1n) is 5.63. The van der Waals surface area contributed by atoms with Gasteiger partial charge in [0.15, 0.2) is 0 Å². The molecule has 0 saturated heterocycles. The van der Waals surface area contributed by atoms with Crippen LogP contribution in [0.5, 0.6) is 0 Å². The van der Waals surface area contributed by atoms with Crippen molar-refractivity contribution < 1.29 is 5.11 Å². The van der Waals surface area contributed by atoms with E-state index in [4.69, 9.17) is 0 Å². The van der Waals surface area contributed by atoms with Crippen LogP contribution in [0.25, 0.3) is 0 Å². The molecule has 2 rings (SSSR count). The Hall–Kier alpha value is -0.390. The summed E-state index contributed by atoms with van der Waals surface area (Å²) in [6, 6.07) is 0. The fourth-order valence-electron chi connectivity index (χ4n) is 1.77. The molecule has 1 aromatic rings. The van der Waals surface area contributed by atoms with Gasteiger partial charge in [0, 0.05) is 6.54 Å². The smallest absolute Gasteiger partial charge is 0.0996 e. The van der Waals surface area contributed by atoms with Crippen LogP contribution in [-0.2, 0) is 6.54 Å². The summed E-state index contributed by atoms with van der Waals surface area (Å²) < 4.78 is 2.83. The maximum absolute atomic E-state index is 10.2. The molecule has 0 aliphatic heterocycles. The van der Waals surface area contributed by atoms with Crippen molar-refractivity contribution in [3.05, 3.63) is 16.4 Å². The number of halogens is 1. The summed E-state index contributed by atoms with van der Waals surface area (Å²) >= 11 is 3.46. The van der Waals surface area contributed by atoms with E-state index < -0.39 is 0 Å². The summed E-state index contributed by atoms with van der Waals surface area (Å²) in [6.45, 7) is 1.75. The Morgan fingerprint density at radius 2 is 2.31 bits per heavy atom. The standard InChI is InChI=1S/C11H18BrN3O/c1-14(2)5-6-15-10(9(12)7-13-15)11(16)8-3-4-8/h7-8,11,16H,3-6H2,1-2H3. The molecule has 5 heteroatoms. The van der Waals surface area contributed by atoms with Gasteiger partial charge in [0.05, 0.1) is 29.0 Å². The summed E-state index contributed by atoms with van der Waals surface area (Å²) in [5.74, 6) is 0.436. The average molecular weight is 288 g/mol. The fourth-order valence-corrected chi connectivity index (χ4v) is 2.30. The highest BCUT2D eigenvalue weighted by Gasteiger charge is 2.34. The van der Waals surface area contributed by atoms with Crippen LogP contribution in [0.15, 0.2) is 10.7 Å². The van der Waals surface area contributed by atoms with Gasteiger partial charge in [-0.25, -0.2) is 0 Å². The minimum atomic E-state index is -0.362.